The van der Waals surface area contributed by atoms with Crippen LogP contribution in [0.2, 0.25) is 0 Å². The van der Waals surface area contributed by atoms with E-state index in [0.29, 0.717) is 0 Å². The molecule has 0 atom stereocenters. The van der Waals surface area contributed by atoms with Crippen LogP contribution in [0.15, 0.2) is 36.4 Å². The second kappa shape index (κ2) is 5.11. The Balaban J connectivity index is 2.54. The zero-order valence-corrected chi connectivity index (χ0v) is 10.3. The van der Waals surface area contributed by atoms with E-state index in [-0.39, 0.29) is 16.9 Å². The second-order valence-electron chi connectivity index (χ2n) is 4.04. The number of ether oxygens (including phenoxy) is 1. The lowest BCUT2D eigenvalue weighted by Crippen LogP contribution is -2.05. The van der Waals surface area contributed by atoms with Gasteiger partial charge < -0.3 is 4.74 Å². The summed E-state index contributed by atoms with van der Waals surface area (Å²) in [7, 11) is 1.21. The molecule has 0 saturated carbocycles. The van der Waals surface area contributed by atoms with Crippen LogP contribution in [0.1, 0.15) is 5.56 Å². The summed E-state index contributed by atoms with van der Waals surface area (Å²) in [6.07, 6.45) is -4.50. The highest BCUT2D eigenvalue weighted by molar-refractivity contribution is 5.71. The van der Waals surface area contributed by atoms with Crippen LogP contribution < -0.4 is 4.74 Å². The maximum Gasteiger partial charge on any atom is 0.416 e. The minimum Gasteiger partial charge on any atom is -0.496 e. The van der Waals surface area contributed by atoms with Crippen molar-refractivity contribution in [3.8, 4) is 16.9 Å². The highest BCUT2D eigenvalue weighted by atomic mass is 19.4. The lowest BCUT2D eigenvalue weighted by Gasteiger charge is -2.13. The SMILES string of the molecule is COc1cc(C(F)(F)F)ccc1-c1ccc(F)c(F)c1. The molecule has 20 heavy (non-hydrogen) atoms. The molecule has 0 aliphatic heterocycles. The quantitative estimate of drug-likeness (QED) is 0.730. The summed E-state index contributed by atoms with van der Waals surface area (Å²) in [6, 6.07) is 5.91. The molecule has 2 aromatic carbocycles. The predicted octanol–water partition coefficient (Wildman–Crippen LogP) is 4.66. The molecule has 0 aliphatic rings. The van der Waals surface area contributed by atoms with Crippen molar-refractivity contribution in [2.75, 3.05) is 7.11 Å². The summed E-state index contributed by atoms with van der Waals surface area (Å²) in [5, 5.41) is 0. The van der Waals surface area contributed by atoms with E-state index in [9.17, 15) is 22.0 Å². The molecule has 2 aromatic rings. The third-order valence-electron chi connectivity index (χ3n) is 2.76. The molecule has 106 valence electrons. The van der Waals surface area contributed by atoms with Gasteiger partial charge in [-0.25, -0.2) is 8.78 Å². The standard InChI is InChI=1S/C14H9F5O/c1-20-13-7-9(14(17,18)19)3-4-10(13)8-2-5-11(15)12(16)6-8/h2-7H,1H3. The molecule has 0 spiro atoms. The van der Waals surface area contributed by atoms with Gasteiger partial charge in [0.05, 0.1) is 12.7 Å². The first-order valence-electron chi connectivity index (χ1n) is 5.53. The van der Waals surface area contributed by atoms with Crippen molar-refractivity contribution in [1.82, 2.24) is 0 Å². The molecule has 0 aromatic heterocycles. The second-order valence-corrected chi connectivity index (χ2v) is 4.04. The van der Waals surface area contributed by atoms with Crippen LogP contribution in [0.5, 0.6) is 5.75 Å². The molecule has 6 heteroatoms. The van der Waals surface area contributed by atoms with Gasteiger partial charge in [-0.05, 0) is 29.8 Å². The fraction of sp³-hybridized carbons (Fsp3) is 0.143. The number of rotatable bonds is 2. The van der Waals surface area contributed by atoms with Crippen molar-refractivity contribution in [3.05, 3.63) is 53.6 Å². The molecule has 0 unspecified atom stereocenters. The molecule has 0 heterocycles. The Morgan fingerprint density at radius 3 is 2.15 bits per heavy atom. The molecule has 0 radical (unpaired) electrons. The van der Waals surface area contributed by atoms with Crippen LogP contribution in [-0.2, 0) is 6.18 Å². The van der Waals surface area contributed by atoms with E-state index in [1.165, 1.54) is 13.2 Å². The van der Waals surface area contributed by atoms with Crippen LogP contribution in [0.4, 0.5) is 22.0 Å². The summed E-state index contributed by atoms with van der Waals surface area (Å²) in [4.78, 5) is 0. The van der Waals surface area contributed by atoms with Gasteiger partial charge in [0.15, 0.2) is 11.6 Å². The molecule has 0 amide bonds. The zero-order valence-electron chi connectivity index (χ0n) is 10.3. The van der Waals surface area contributed by atoms with Crippen LogP contribution in [-0.4, -0.2) is 7.11 Å². The van der Waals surface area contributed by atoms with Crippen LogP contribution in [0, 0.1) is 11.6 Å². The van der Waals surface area contributed by atoms with Gasteiger partial charge in [0.1, 0.15) is 5.75 Å². The smallest absolute Gasteiger partial charge is 0.416 e. The molecule has 0 N–H and O–H groups in total. The fourth-order valence-corrected chi connectivity index (χ4v) is 1.77. The summed E-state index contributed by atoms with van der Waals surface area (Å²) in [5.41, 5.74) is -0.394. The van der Waals surface area contributed by atoms with E-state index in [4.69, 9.17) is 4.74 Å². The third-order valence-corrected chi connectivity index (χ3v) is 2.76. The largest absolute Gasteiger partial charge is 0.496 e. The Labute approximate surface area is 111 Å². The van der Waals surface area contributed by atoms with Gasteiger partial charge in [-0.15, -0.1) is 0 Å². The molecule has 1 nitrogen and oxygen atoms in total. The average Bonchev–Trinajstić information content (AvgIpc) is 2.40. The molecule has 0 bridgehead atoms. The summed E-state index contributed by atoms with van der Waals surface area (Å²) in [5.74, 6) is -2.17. The fourth-order valence-electron chi connectivity index (χ4n) is 1.77. The topological polar surface area (TPSA) is 9.23 Å². The predicted molar refractivity (Wildman–Crippen MR) is 63.3 cm³/mol. The number of methoxy groups -OCH3 is 1. The monoisotopic (exact) mass is 288 g/mol. The van der Waals surface area contributed by atoms with Crippen LogP contribution in [0.3, 0.4) is 0 Å². The Bertz CT molecular complexity index is 634. The molecule has 0 saturated heterocycles. The number of alkyl halides is 3. The first kappa shape index (κ1) is 14.3. The molecular formula is C14H9F5O. The highest BCUT2D eigenvalue weighted by Gasteiger charge is 2.31. The first-order valence-corrected chi connectivity index (χ1v) is 5.53. The van der Waals surface area contributed by atoms with Gasteiger partial charge in [0.25, 0.3) is 0 Å². The van der Waals surface area contributed by atoms with Gasteiger partial charge >= 0.3 is 6.18 Å². The van der Waals surface area contributed by atoms with Crippen molar-refractivity contribution < 1.29 is 26.7 Å². The van der Waals surface area contributed by atoms with Gasteiger partial charge in [0.2, 0.25) is 0 Å². The van der Waals surface area contributed by atoms with E-state index in [1.54, 1.807) is 0 Å². The maximum atomic E-state index is 13.2. The van der Waals surface area contributed by atoms with E-state index in [1.807, 2.05) is 0 Å². The maximum absolute atomic E-state index is 13.2. The molecule has 0 aliphatic carbocycles. The van der Waals surface area contributed by atoms with Gasteiger partial charge in [-0.3, -0.25) is 0 Å². The Morgan fingerprint density at radius 1 is 0.900 bits per heavy atom. The Morgan fingerprint density at radius 2 is 1.60 bits per heavy atom. The normalized spacial score (nSPS) is 11.5. The van der Waals surface area contributed by atoms with Crippen LogP contribution in [0.25, 0.3) is 11.1 Å². The number of halogens is 5. The average molecular weight is 288 g/mol. The Kier molecular flexibility index (Phi) is 3.65. The van der Waals surface area contributed by atoms with Gasteiger partial charge in [-0.1, -0.05) is 12.1 Å². The molecule has 2 rings (SSSR count). The van der Waals surface area contributed by atoms with Crippen molar-refractivity contribution >= 4 is 0 Å². The lowest BCUT2D eigenvalue weighted by atomic mass is 10.0. The van der Waals surface area contributed by atoms with Gasteiger partial charge in [0, 0.05) is 5.56 Å². The van der Waals surface area contributed by atoms with E-state index < -0.39 is 23.4 Å². The number of hydrogen-bond acceptors (Lipinski definition) is 1. The van der Waals surface area contributed by atoms with Crippen molar-refractivity contribution in [1.29, 1.82) is 0 Å². The summed E-state index contributed by atoms with van der Waals surface area (Å²) >= 11 is 0. The van der Waals surface area contributed by atoms with E-state index in [0.717, 1.165) is 30.3 Å². The van der Waals surface area contributed by atoms with Crippen molar-refractivity contribution in [2.24, 2.45) is 0 Å². The highest BCUT2D eigenvalue weighted by Crippen LogP contribution is 2.37. The Hall–Kier alpha value is -2.11. The minimum absolute atomic E-state index is 0.0640. The van der Waals surface area contributed by atoms with Crippen molar-refractivity contribution in [2.45, 2.75) is 6.18 Å². The third kappa shape index (κ3) is 2.74. The lowest BCUT2D eigenvalue weighted by molar-refractivity contribution is -0.137. The van der Waals surface area contributed by atoms with Crippen molar-refractivity contribution in [3.63, 3.8) is 0 Å². The minimum atomic E-state index is -4.50. The van der Waals surface area contributed by atoms with E-state index >= 15 is 0 Å². The molecule has 0 fully saturated rings. The summed E-state index contributed by atoms with van der Waals surface area (Å²) < 4.78 is 68.7. The first-order chi connectivity index (χ1) is 9.32. The van der Waals surface area contributed by atoms with Crippen LogP contribution >= 0.6 is 0 Å². The molecular weight excluding hydrogens is 279 g/mol. The zero-order chi connectivity index (χ0) is 14.9. The number of benzene rings is 2. The number of hydrogen-bond donors (Lipinski definition) is 0. The summed E-state index contributed by atoms with van der Waals surface area (Å²) in [6.45, 7) is 0. The van der Waals surface area contributed by atoms with Gasteiger partial charge in [-0.2, -0.15) is 13.2 Å². The van der Waals surface area contributed by atoms with E-state index in [2.05, 4.69) is 0 Å².